The van der Waals surface area contributed by atoms with Gasteiger partial charge in [0.2, 0.25) is 15.9 Å². The molecule has 16 heavy (non-hydrogen) atoms. The molecule has 0 heterocycles. The van der Waals surface area contributed by atoms with Gasteiger partial charge in [-0.3, -0.25) is 4.79 Å². The lowest BCUT2D eigenvalue weighted by atomic mass is 10.0. The van der Waals surface area contributed by atoms with Gasteiger partial charge in [0.25, 0.3) is 0 Å². The van der Waals surface area contributed by atoms with Crippen LogP contribution in [0.15, 0.2) is 0 Å². The van der Waals surface area contributed by atoms with Crippen molar-refractivity contribution in [3.63, 3.8) is 0 Å². The second-order valence-corrected chi connectivity index (χ2v) is 6.78. The summed E-state index contributed by atoms with van der Waals surface area (Å²) in [6.45, 7) is 0.202. The SMILES string of the molecule is CNS(=O)(=O)CCNC(=O)C1CC2CC2C1. The van der Waals surface area contributed by atoms with Crippen molar-refractivity contribution in [2.75, 3.05) is 19.3 Å². The van der Waals surface area contributed by atoms with Crippen LogP contribution in [0.4, 0.5) is 0 Å². The molecule has 0 aromatic carbocycles. The normalized spacial score (nSPS) is 32.2. The molecule has 2 aliphatic carbocycles. The van der Waals surface area contributed by atoms with Gasteiger partial charge < -0.3 is 5.32 Å². The Kier molecular flexibility index (Phi) is 3.21. The summed E-state index contributed by atoms with van der Waals surface area (Å²) in [5, 5.41) is 2.70. The molecule has 6 heteroatoms. The Morgan fingerprint density at radius 1 is 1.25 bits per heavy atom. The third-order valence-electron chi connectivity index (χ3n) is 3.60. The molecule has 1 amide bonds. The van der Waals surface area contributed by atoms with Crippen LogP contribution >= 0.6 is 0 Å². The molecule has 2 aliphatic rings. The third-order valence-corrected chi connectivity index (χ3v) is 4.96. The summed E-state index contributed by atoms with van der Waals surface area (Å²) in [6, 6.07) is 0. The molecule has 0 aromatic heterocycles. The predicted molar refractivity (Wildman–Crippen MR) is 60.2 cm³/mol. The molecule has 2 unspecified atom stereocenters. The average molecular weight is 246 g/mol. The lowest BCUT2D eigenvalue weighted by Gasteiger charge is -2.12. The van der Waals surface area contributed by atoms with Crippen LogP contribution in [0.2, 0.25) is 0 Å². The van der Waals surface area contributed by atoms with Crippen molar-refractivity contribution in [3.05, 3.63) is 0 Å². The molecule has 0 saturated heterocycles. The number of hydrogen-bond donors (Lipinski definition) is 2. The number of rotatable bonds is 5. The summed E-state index contributed by atoms with van der Waals surface area (Å²) in [5.74, 6) is 1.66. The second-order valence-electron chi connectivity index (χ2n) is 4.74. The van der Waals surface area contributed by atoms with Gasteiger partial charge in [-0.15, -0.1) is 0 Å². The van der Waals surface area contributed by atoms with Gasteiger partial charge >= 0.3 is 0 Å². The second kappa shape index (κ2) is 4.33. The maximum atomic E-state index is 11.7. The Hall–Kier alpha value is -0.620. The van der Waals surface area contributed by atoms with Crippen molar-refractivity contribution in [2.45, 2.75) is 19.3 Å². The zero-order valence-corrected chi connectivity index (χ0v) is 10.2. The summed E-state index contributed by atoms with van der Waals surface area (Å²) < 4.78 is 24.4. The Labute approximate surface area is 96.0 Å². The van der Waals surface area contributed by atoms with Crippen molar-refractivity contribution < 1.29 is 13.2 Å². The van der Waals surface area contributed by atoms with Crippen molar-refractivity contribution in [1.29, 1.82) is 0 Å². The highest BCUT2D eigenvalue weighted by atomic mass is 32.2. The highest BCUT2D eigenvalue weighted by Crippen LogP contribution is 2.54. The van der Waals surface area contributed by atoms with Crippen LogP contribution in [0, 0.1) is 17.8 Å². The zero-order chi connectivity index (χ0) is 11.8. The van der Waals surface area contributed by atoms with Crippen molar-refractivity contribution in [2.24, 2.45) is 17.8 Å². The van der Waals surface area contributed by atoms with Crippen LogP contribution in [0.3, 0.4) is 0 Å². The Morgan fingerprint density at radius 2 is 1.88 bits per heavy atom. The fraction of sp³-hybridized carbons (Fsp3) is 0.900. The smallest absolute Gasteiger partial charge is 0.223 e. The van der Waals surface area contributed by atoms with Gasteiger partial charge in [-0.1, -0.05) is 0 Å². The van der Waals surface area contributed by atoms with Crippen LogP contribution in [-0.4, -0.2) is 33.7 Å². The first-order valence-electron chi connectivity index (χ1n) is 5.71. The Morgan fingerprint density at radius 3 is 2.44 bits per heavy atom. The molecule has 2 rings (SSSR count). The van der Waals surface area contributed by atoms with E-state index in [0.717, 1.165) is 24.7 Å². The van der Waals surface area contributed by atoms with E-state index in [9.17, 15) is 13.2 Å². The summed E-state index contributed by atoms with van der Waals surface area (Å²) in [6.07, 6.45) is 3.28. The molecule has 92 valence electrons. The van der Waals surface area contributed by atoms with Gasteiger partial charge in [-0.05, 0) is 38.1 Å². The van der Waals surface area contributed by atoms with Crippen molar-refractivity contribution in [1.82, 2.24) is 10.0 Å². The Balaban J connectivity index is 1.68. The van der Waals surface area contributed by atoms with E-state index in [0.29, 0.717) is 0 Å². The van der Waals surface area contributed by atoms with Crippen molar-refractivity contribution >= 4 is 15.9 Å². The molecular weight excluding hydrogens is 228 g/mol. The van der Waals surface area contributed by atoms with Crippen molar-refractivity contribution in [3.8, 4) is 0 Å². The van der Waals surface area contributed by atoms with E-state index in [1.54, 1.807) is 0 Å². The molecule has 0 aliphatic heterocycles. The van der Waals surface area contributed by atoms with Gasteiger partial charge in [0, 0.05) is 12.5 Å². The molecule has 0 spiro atoms. The molecule has 2 fully saturated rings. The number of nitrogens with one attached hydrogen (secondary N) is 2. The van der Waals surface area contributed by atoms with Crippen LogP contribution < -0.4 is 10.0 Å². The third kappa shape index (κ3) is 2.74. The fourth-order valence-corrected chi connectivity index (χ4v) is 3.06. The maximum absolute atomic E-state index is 11.7. The lowest BCUT2D eigenvalue weighted by molar-refractivity contribution is -0.124. The topological polar surface area (TPSA) is 75.3 Å². The summed E-state index contributed by atoms with van der Waals surface area (Å²) in [4.78, 5) is 11.7. The first-order valence-corrected chi connectivity index (χ1v) is 7.36. The van der Waals surface area contributed by atoms with Crippen LogP contribution in [0.1, 0.15) is 19.3 Å². The highest BCUT2D eigenvalue weighted by molar-refractivity contribution is 7.89. The average Bonchev–Trinajstić information content (AvgIpc) is 2.85. The maximum Gasteiger partial charge on any atom is 0.223 e. The largest absolute Gasteiger partial charge is 0.355 e. The van der Waals surface area contributed by atoms with E-state index in [2.05, 4.69) is 10.0 Å². The number of amides is 1. The number of fused-ring (bicyclic) bond motifs is 1. The summed E-state index contributed by atoms with van der Waals surface area (Å²) in [5.41, 5.74) is 0. The quantitative estimate of drug-likeness (QED) is 0.699. The van der Waals surface area contributed by atoms with Gasteiger partial charge in [-0.2, -0.15) is 0 Å². The van der Waals surface area contributed by atoms with E-state index in [4.69, 9.17) is 0 Å². The van der Waals surface area contributed by atoms with Gasteiger partial charge in [0.05, 0.1) is 5.75 Å². The zero-order valence-electron chi connectivity index (χ0n) is 9.40. The van der Waals surface area contributed by atoms with Gasteiger partial charge in [-0.25, -0.2) is 13.1 Å². The molecule has 0 bridgehead atoms. The lowest BCUT2D eigenvalue weighted by Crippen LogP contribution is -2.36. The Bertz CT molecular complexity index is 370. The summed E-state index contributed by atoms with van der Waals surface area (Å²) in [7, 11) is -1.83. The molecule has 2 atom stereocenters. The van der Waals surface area contributed by atoms with E-state index in [1.807, 2.05) is 0 Å². The predicted octanol–water partition coefficient (Wildman–Crippen LogP) is -0.302. The fourth-order valence-electron chi connectivity index (χ4n) is 2.48. The number of sulfonamides is 1. The highest BCUT2D eigenvalue weighted by Gasteiger charge is 2.47. The number of carbonyl (C=O) groups is 1. The van der Waals surface area contributed by atoms with Crippen LogP contribution in [-0.2, 0) is 14.8 Å². The molecule has 0 aromatic rings. The van der Waals surface area contributed by atoms with Crippen LogP contribution in [0.5, 0.6) is 0 Å². The molecular formula is C10H18N2O3S. The first kappa shape index (κ1) is 11.9. The first-order chi connectivity index (χ1) is 7.52. The number of hydrogen-bond acceptors (Lipinski definition) is 3. The molecule has 2 saturated carbocycles. The minimum absolute atomic E-state index is 0.0264. The van der Waals surface area contributed by atoms with E-state index in [1.165, 1.54) is 13.5 Å². The molecule has 5 nitrogen and oxygen atoms in total. The minimum Gasteiger partial charge on any atom is -0.355 e. The van der Waals surface area contributed by atoms with Gasteiger partial charge in [0.1, 0.15) is 0 Å². The monoisotopic (exact) mass is 246 g/mol. The van der Waals surface area contributed by atoms with E-state index in [-0.39, 0.29) is 24.1 Å². The molecule has 2 N–H and O–H groups in total. The standard InChI is InChI=1S/C10H18N2O3S/c1-11-16(14,15)3-2-12-10(13)9-5-7-4-8(7)6-9/h7-9,11H,2-6H2,1H3,(H,12,13). The molecule has 0 radical (unpaired) electrons. The van der Waals surface area contributed by atoms with Gasteiger partial charge in [0.15, 0.2) is 0 Å². The van der Waals surface area contributed by atoms with E-state index >= 15 is 0 Å². The summed E-state index contributed by atoms with van der Waals surface area (Å²) >= 11 is 0. The van der Waals surface area contributed by atoms with E-state index < -0.39 is 10.0 Å². The number of carbonyl (C=O) groups excluding carboxylic acids is 1. The van der Waals surface area contributed by atoms with Crippen LogP contribution in [0.25, 0.3) is 0 Å². The minimum atomic E-state index is -3.21.